The first-order valence-corrected chi connectivity index (χ1v) is 6.32. The van der Waals surface area contributed by atoms with E-state index in [0.717, 1.165) is 25.7 Å². The van der Waals surface area contributed by atoms with E-state index in [1.54, 1.807) is 0 Å². The van der Waals surface area contributed by atoms with Crippen molar-refractivity contribution >= 4 is 11.9 Å². The van der Waals surface area contributed by atoms with Crippen molar-refractivity contribution in [3.8, 4) is 0 Å². The lowest BCUT2D eigenvalue weighted by atomic mass is 9.81. The van der Waals surface area contributed by atoms with Gasteiger partial charge in [0.05, 0.1) is 5.54 Å². The van der Waals surface area contributed by atoms with Gasteiger partial charge in [0, 0.05) is 0 Å². The Morgan fingerprint density at radius 1 is 1.35 bits per heavy atom. The first-order chi connectivity index (χ1) is 7.99. The van der Waals surface area contributed by atoms with Gasteiger partial charge in [-0.3, -0.25) is 4.79 Å². The monoisotopic (exact) mass is 242 g/mol. The van der Waals surface area contributed by atoms with Crippen LogP contribution in [0.15, 0.2) is 0 Å². The molecule has 0 saturated heterocycles. The van der Waals surface area contributed by atoms with Gasteiger partial charge in [-0.25, -0.2) is 4.79 Å². The van der Waals surface area contributed by atoms with Crippen molar-refractivity contribution in [3.63, 3.8) is 0 Å². The molecule has 1 atom stereocenters. The quantitative estimate of drug-likeness (QED) is 0.671. The van der Waals surface area contributed by atoms with Crippen molar-refractivity contribution in [2.45, 2.75) is 63.5 Å². The van der Waals surface area contributed by atoms with Crippen LogP contribution in [0.3, 0.4) is 0 Å². The third-order valence-corrected chi connectivity index (χ3v) is 3.38. The Hall–Kier alpha value is -1.10. The van der Waals surface area contributed by atoms with Crippen LogP contribution in [-0.4, -0.2) is 28.6 Å². The molecule has 1 aliphatic carbocycles. The molecule has 5 nitrogen and oxygen atoms in total. The first-order valence-electron chi connectivity index (χ1n) is 6.32. The molecule has 0 spiro atoms. The molecular weight excluding hydrogens is 220 g/mol. The molecule has 0 radical (unpaired) electrons. The van der Waals surface area contributed by atoms with Gasteiger partial charge in [-0.1, -0.05) is 32.6 Å². The number of nitrogens with two attached hydrogens (primary N) is 1. The lowest BCUT2D eigenvalue weighted by Crippen LogP contribution is -2.58. The molecular formula is C12H22N2O3. The highest BCUT2D eigenvalue weighted by molar-refractivity contribution is 5.90. The van der Waals surface area contributed by atoms with Crippen molar-refractivity contribution in [2.75, 3.05) is 0 Å². The molecule has 0 aliphatic heterocycles. The minimum absolute atomic E-state index is 0.307. The predicted octanol–water partition coefficient (Wildman–Crippen LogP) is 1.02. The molecule has 5 heteroatoms. The maximum absolute atomic E-state index is 12.0. The van der Waals surface area contributed by atoms with Crippen LogP contribution in [0.2, 0.25) is 0 Å². The van der Waals surface area contributed by atoms with Gasteiger partial charge in [0.1, 0.15) is 6.04 Å². The second kappa shape index (κ2) is 6.00. The van der Waals surface area contributed by atoms with Crippen molar-refractivity contribution in [2.24, 2.45) is 5.73 Å². The zero-order chi connectivity index (χ0) is 12.9. The van der Waals surface area contributed by atoms with Crippen molar-refractivity contribution in [1.82, 2.24) is 5.32 Å². The molecule has 1 saturated carbocycles. The number of hydrogen-bond donors (Lipinski definition) is 3. The third-order valence-electron chi connectivity index (χ3n) is 3.38. The molecule has 1 rings (SSSR count). The number of amides is 1. The Morgan fingerprint density at radius 2 is 1.94 bits per heavy atom. The smallest absolute Gasteiger partial charge is 0.326 e. The molecule has 0 aromatic carbocycles. The van der Waals surface area contributed by atoms with E-state index >= 15 is 0 Å². The van der Waals surface area contributed by atoms with Gasteiger partial charge in [-0.05, 0) is 19.3 Å². The zero-order valence-corrected chi connectivity index (χ0v) is 10.4. The minimum Gasteiger partial charge on any atom is -0.480 e. The van der Waals surface area contributed by atoms with Gasteiger partial charge >= 0.3 is 5.97 Å². The number of carbonyl (C=O) groups excluding carboxylic acids is 1. The Bertz CT molecular complexity index is 285. The summed E-state index contributed by atoms with van der Waals surface area (Å²) in [5.41, 5.74) is 5.18. The van der Waals surface area contributed by atoms with Crippen LogP contribution in [0.25, 0.3) is 0 Å². The van der Waals surface area contributed by atoms with Crippen molar-refractivity contribution < 1.29 is 14.7 Å². The summed E-state index contributed by atoms with van der Waals surface area (Å²) in [6.45, 7) is 1.89. The summed E-state index contributed by atoms with van der Waals surface area (Å²) in [6, 6.07) is -0.810. The van der Waals surface area contributed by atoms with Crippen LogP contribution in [0.5, 0.6) is 0 Å². The third kappa shape index (κ3) is 3.70. The largest absolute Gasteiger partial charge is 0.480 e. The van der Waals surface area contributed by atoms with Crippen molar-refractivity contribution in [3.05, 3.63) is 0 Å². The number of rotatable bonds is 5. The van der Waals surface area contributed by atoms with E-state index < -0.39 is 17.6 Å². The van der Waals surface area contributed by atoms with E-state index in [2.05, 4.69) is 5.32 Å². The fourth-order valence-electron chi connectivity index (χ4n) is 2.26. The van der Waals surface area contributed by atoms with Gasteiger partial charge in [-0.15, -0.1) is 0 Å². The topological polar surface area (TPSA) is 92.4 Å². The van der Waals surface area contributed by atoms with Gasteiger partial charge < -0.3 is 16.2 Å². The molecule has 0 aromatic heterocycles. The summed E-state index contributed by atoms with van der Waals surface area (Å²) >= 11 is 0. The van der Waals surface area contributed by atoms with Gasteiger partial charge in [0.2, 0.25) is 5.91 Å². The Kier molecular flexibility index (Phi) is 4.93. The summed E-state index contributed by atoms with van der Waals surface area (Å²) in [5.74, 6) is -1.29. The zero-order valence-electron chi connectivity index (χ0n) is 10.4. The highest BCUT2D eigenvalue weighted by atomic mass is 16.4. The Morgan fingerprint density at radius 3 is 2.41 bits per heavy atom. The van der Waals surface area contributed by atoms with E-state index in [0.29, 0.717) is 19.3 Å². The lowest BCUT2D eigenvalue weighted by Gasteiger charge is -2.32. The van der Waals surface area contributed by atoms with Crippen LogP contribution in [0.4, 0.5) is 0 Å². The summed E-state index contributed by atoms with van der Waals surface area (Å²) in [4.78, 5) is 23.0. The fourth-order valence-corrected chi connectivity index (χ4v) is 2.26. The molecule has 0 aromatic rings. The van der Waals surface area contributed by atoms with Crippen LogP contribution in [0.1, 0.15) is 51.9 Å². The number of carboxylic acid groups (broad SMARTS) is 1. The summed E-state index contributed by atoms with van der Waals surface area (Å²) in [7, 11) is 0. The number of nitrogens with one attached hydrogen (secondary N) is 1. The van der Waals surface area contributed by atoms with Crippen molar-refractivity contribution in [1.29, 1.82) is 0 Å². The predicted molar refractivity (Wildman–Crippen MR) is 64.5 cm³/mol. The highest BCUT2D eigenvalue weighted by Gasteiger charge is 2.36. The number of hydrogen-bond acceptors (Lipinski definition) is 3. The fraction of sp³-hybridized carbons (Fsp3) is 0.833. The van der Waals surface area contributed by atoms with Gasteiger partial charge in [-0.2, -0.15) is 0 Å². The van der Waals surface area contributed by atoms with Crippen LogP contribution in [0, 0.1) is 0 Å². The van der Waals surface area contributed by atoms with Gasteiger partial charge in [0.25, 0.3) is 0 Å². The van der Waals surface area contributed by atoms with Crippen LogP contribution in [-0.2, 0) is 9.59 Å². The second-order valence-electron chi connectivity index (χ2n) is 4.87. The standard InChI is InChI=1S/C12H22N2O3/c1-2-6-9(10(15)16)14-11(17)12(13)7-4-3-5-8-12/h9H,2-8,13H2,1H3,(H,14,17)(H,15,16). The Balaban J connectivity index is 2.59. The average Bonchev–Trinajstić information content (AvgIpc) is 2.29. The molecule has 1 amide bonds. The van der Waals surface area contributed by atoms with E-state index in [9.17, 15) is 9.59 Å². The average molecular weight is 242 g/mol. The van der Waals surface area contributed by atoms with Gasteiger partial charge in [0.15, 0.2) is 0 Å². The number of carbonyl (C=O) groups is 2. The van der Waals surface area contributed by atoms with Crippen LogP contribution >= 0.6 is 0 Å². The van der Waals surface area contributed by atoms with E-state index in [1.807, 2.05) is 6.92 Å². The number of aliphatic carboxylic acids is 1. The summed E-state index contributed by atoms with van der Waals surface area (Å²) in [6.07, 6.45) is 5.44. The second-order valence-corrected chi connectivity index (χ2v) is 4.87. The Labute approximate surface area is 102 Å². The minimum atomic E-state index is -0.986. The normalized spacial score (nSPS) is 20.6. The van der Waals surface area contributed by atoms with E-state index in [4.69, 9.17) is 10.8 Å². The number of carboxylic acids is 1. The van der Waals surface area contributed by atoms with Crippen LogP contribution < -0.4 is 11.1 Å². The molecule has 4 N–H and O–H groups in total. The summed E-state index contributed by atoms with van der Waals surface area (Å²) < 4.78 is 0. The molecule has 1 unspecified atom stereocenters. The first kappa shape index (κ1) is 14.0. The molecule has 0 bridgehead atoms. The maximum Gasteiger partial charge on any atom is 0.326 e. The molecule has 98 valence electrons. The molecule has 17 heavy (non-hydrogen) atoms. The van der Waals surface area contributed by atoms with E-state index in [-0.39, 0.29) is 5.91 Å². The molecule has 1 aliphatic rings. The molecule has 1 fully saturated rings. The summed E-state index contributed by atoms with van der Waals surface area (Å²) in [5, 5.41) is 11.5. The maximum atomic E-state index is 12.0. The van der Waals surface area contributed by atoms with E-state index in [1.165, 1.54) is 0 Å². The highest BCUT2D eigenvalue weighted by Crippen LogP contribution is 2.26. The lowest BCUT2D eigenvalue weighted by molar-refractivity contribution is -0.143. The molecule has 0 heterocycles. The SMILES string of the molecule is CCCC(NC(=O)C1(N)CCCCC1)C(=O)O.